The van der Waals surface area contributed by atoms with Crippen molar-refractivity contribution in [2.75, 3.05) is 14.2 Å². The molecule has 0 N–H and O–H groups in total. The summed E-state index contributed by atoms with van der Waals surface area (Å²) in [5.41, 5.74) is 2.30. The fourth-order valence-corrected chi connectivity index (χ4v) is 4.59. The van der Waals surface area contributed by atoms with Crippen molar-refractivity contribution in [1.82, 2.24) is 25.2 Å². The van der Waals surface area contributed by atoms with E-state index in [1.807, 2.05) is 35.7 Å². The third-order valence-electron chi connectivity index (χ3n) is 5.60. The lowest BCUT2D eigenvalue weighted by atomic mass is 10.0. The molecular formula is C24H21FN6O3S. The first-order chi connectivity index (χ1) is 17.1. The predicted molar refractivity (Wildman–Crippen MR) is 128 cm³/mol. The Balaban J connectivity index is 1.42. The summed E-state index contributed by atoms with van der Waals surface area (Å²) in [4.78, 5) is 15.6. The molecule has 0 unspecified atom stereocenters. The van der Waals surface area contributed by atoms with Gasteiger partial charge in [-0.25, -0.2) is 9.40 Å². The van der Waals surface area contributed by atoms with E-state index < -0.39 is 0 Å². The molecule has 9 nitrogen and oxygen atoms in total. The van der Waals surface area contributed by atoms with Crippen molar-refractivity contribution in [2.45, 2.75) is 19.0 Å². The number of rotatable bonds is 7. The molecule has 3 heterocycles. The number of amides is 1. The molecule has 178 valence electrons. The summed E-state index contributed by atoms with van der Waals surface area (Å²) < 4.78 is 24.0. The molecule has 4 aromatic rings. The summed E-state index contributed by atoms with van der Waals surface area (Å²) in [5.74, 6) is 0.833. The average molecular weight is 493 g/mol. The minimum atomic E-state index is -0.356. The molecule has 0 saturated carbocycles. The highest BCUT2D eigenvalue weighted by Gasteiger charge is 2.34. The van der Waals surface area contributed by atoms with E-state index in [9.17, 15) is 9.18 Å². The van der Waals surface area contributed by atoms with Crippen LogP contribution < -0.4 is 9.47 Å². The van der Waals surface area contributed by atoms with E-state index in [0.717, 1.165) is 16.2 Å². The summed E-state index contributed by atoms with van der Waals surface area (Å²) in [6.07, 6.45) is 0.549. The summed E-state index contributed by atoms with van der Waals surface area (Å²) >= 11 is 1.57. The van der Waals surface area contributed by atoms with Crippen LogP contribution in [0.25, 0.3) is 11.4 Å². The van der Waals surface area contributed by atoms with Crippen molar-refractivity contribution in [2.24, 2.45) is 5.10 Å². The number of methoxy groups -OCH3 is 2. The maximum Gasteiger partial charge on any atom is 0.266 e. The highest BCUT2D eigenvalue weighted by Crippen LogP contribution is 2.38. The zero-order valence-electron chi connectivity index (χ0n) is 19.0. The molecule has 0 spiro atoms. The number of carbonyl (C=O) groups is 1. The maximum atomic E-state index is 13.4. The van der Waals surface area contributed by atoms with Crippen LogP contribution >= 0.6 is 11.3 Å². The molecule has 5 rings (SSSR count). The Labute approximate surface area is 204 Å². The number of hydrazone groups is 1. The second kappa shape index (κ2) is 9.63. The van der Waals surface area contributed by atoms with Crippen LogP contribution in [-0.2, 0) is 11.3 Å². The van der Waals surface area contributed by atoms with Crippen molar-refractivity contribution < 1.29 is 18.7 Å². The Morgan fingerprint density at radius 1 is 1.11 bits per heavy atom. The number of halogens is 1. The van der Waals surface area contributed by atoms with Crippen LogP contribution in [0.1, 0.15) is 22.9 Å². The van der Waals surface area contributed by atoms with Gasteiger partial charge in [0.1, 0.15) is 12.4 Å². The molecule has 2 aromatic heterocycles. The van der Waals surface area contributed by atoms with Crippen molar-refractivity contribution in [3.8, 4) is 22.9 Å². The van der Waals surface area contributed by atoms with Crippen LogP contribution in [0.3, 0.4) is 0 Å². The zero-order valence-corrected chi connectivity index (χ0v) is 19.8. The van der Waals surface area contributed by atoms with Gasteiger partial charge in [-0.1, -0.05) is 12.1 Å². The van der Waals surface area contributed by atoms with Gasteiger partial charge < -0.3 is 9.47 Å². The molecule has 0 fully saturated rings. The Morgan fingerprint density at radius 2 is 1.91 bits per heavy atom. The van der Waals surface area contributed by atoms with E-state index >= 15 is 0 Å². The molecule has 11 heteroatoms. The number of aromatic nitrogens is 4. The normalized spacial score (nSPS) is 15.2. The van der Waals surface area contributed by atoms with Gasteiger partial charge in [-0.05, 0) is 58.6 Å². The summed E-state index contributed by atoms with van der Waals surface area (Å²) in [7, 11) is 3.15. The van der Waals surface area contributed by atoms with Crippen LogP contribution in [0, 0.1) is 5.82 Å². The van der Waals surface area contributed by atoms with E-state index in [4.69, 9.17) is 9.47 Å². The summed E-state index contributed by atoms with van der Waals surface area (Å²) in [5, 5.41) is 20.4. The van der Waals surface area contributed by atoms with Gasteiger partial charge in [0.25, 0.3) is 5.91 Å². The molecule has 1 atom stereocenters. The number of thiophene rings is 1. The van der Waals surface area contributed by atoms with Gasteiger partial charge in [-0.15, -0.1) is 21.5 Å². The van der Waals surface area contributed by atoms with Gasteiger partial charge in [0, 0.05) is 12.0 Å². The number of benzene rings is 2. The number of hydrogen-bond acceptors (Lipinski definition) is 8. The Kier molecular flexibility index (Phi) is 6.23. The van der Waals surface area contributed by atoms with Crippen LogP contribution in [0.2, 0.25) is 0 Å². The molecule has 1 amide bonds. The fourth-order valence-electron chi connectivity index (χ4n) is 3.87. The molecule has 0 aliphatic carbocycles. The molecule has 0 radical (unpaired) electrons. The predicted octanol–water partition coefficient (Wildman–Crippen LogP) is 3.94. The van der Waals surface area contributed by atoms with E-state index in [2.05, 4.69) is 20.5 Å². The van der Waals surface area contributed by atoms with Gasteiger partial charge in [0.15, 0.2) is 11.5 Å². The van der Waals surface area contributed by atoms with E-state index in [0.29, 0.717) is 29.3 Å². The van der Waals surface area contributed by atoms with Gasteiger partial charge in [0.05, 0.1) is 30.9 Å². The minimum absolute atomic E-state index is 0.154. The topological polar surface area (TPSA) is 94.7 Å². The van der Waals surface area contributed by atoms with Crippen LogP contribution in [0.5, 0.6) is 11.5 Å². The van der Waals surface area contributed by atoms with E-state index in [1.54, 1.807) is 37.7 Å². The van der Waals surface area contributed by atoms with Gasteiger partial charge in [0.2, 0.25) is 5.82 Å². The molecular weight excluding hydrogens is 471 g/mol. The second-order valence-corrected chi connectivity index (χ2v) is 8.69. The number of hydrogen-bond donors (Lipinski definition) is 0. The first-order valence-electron chi connectivity index (χ1n) is 10.7. The summed E-state index contributed by atoms with van der Waals surface area (Å²) in [6.45, 7) is -0.154. The monoisotopic (exact) mass is 492 g/mol. The molecule has 0 saturated heterocycles. The van der Waals surface area contributed by atoms with Crippen molar-refractivity contribution in [1.29, 1.82) is 0 Å². The standard InChI is InChI=1S/C24H21FN6O3S/c1-33-20-10-7-16(12-21(20)34-2)19-13-18(22-4-3-11-35-22)27-31(19)23(32)14-30-28-24(26-29-30)15-5-8-17(25)9-6-15/h3-12,19H,13-14H2,1-2H3/t19-/m0/s1. The highest BCUT2D eigenvalue weighted by molar-refractivity contribution is 7.12. The van der Waals surface area contributed by atoms with Crippen molar-refractivity contribution in [3.05, 3.63) is 76.2 Å². The largest absolute Gasteiger partial charge is 0.493 e. The minimum Gasteiger partial charge on any atom is -0.493 e. The van der Waals surface area contributed by atoms with Crippen LogP contribution in [-0.4, -0.2) is 51.1 Å². The molecule has 1 aliphatic heterocycles. The van der Waals surface area contributed by atoms with Gasteiger partial charge in [-0.3, -0.25) is 4.79 Å². The highest BCUT2D eigenvalue weighted by atomic mass is 32.1. The smallest absolute Gasteiger partial charge is 0.266 e. The third kappa shape index (κ3) is 4.62. The van der Waals surface area contributed by atoms with Crippen LogP contribution in [0.15, 0.2) is 65.1 Å². The zero-order chi connectivity index (χ0) is 24.4. The number of nitrogens with zero attached hydrogens (tertiary/aromatic N) is 6. The number of tetrazole rings is 1. The van der Waals surface area contributed by atoms with Crippen molar-refractivity contribution >= 4 is 23.0 Å². The van der Waals surface area contributed by atoms with E-state index in [1.165, 1.54) is 21.9 Å². The molecule has 1 aliphatic rings. The van der Waals surface area contributed by atoms with E-state index in [-0.39, 0.29) is 24.3 Å². The first kappa shape index (κ1) is 22.7. The van der Waals surface area contributed by atoms with Crippen molar-refractivity contribution in [3.63, 3.8) is 0 Å². The molecule has 35 heavy (non-hydrogen) atoms. The lowest BCUT2D eigenvalue weighted by Gasteiger charge is -2.22. The number of ether oxygens (including phenoxy) is 2. The third-order valence-corrected chi connectivity index (χ3v) is 6.51. The molecule has 2 aromatic carbocycles. The van der Waals surface area contributed by atoms with Gasteiger partial charge in [-0.2, -0.15) is 9.90 Å². The quantitative estimate of drug-likeness (QED) is 0.388. The molecule has 0 bridgehead atoms. The lowest BCUT2D eigenvalue weighted by Crippen LogP contribution is -2.31. The Morgan fingerprint density at radius 3 is 2.63 bits per heavy atom. The maximum absolute atomic E-state index is 13.4. The average Bonchev–Trinajstić information content (AvgIpc) is 3.64. The Bertz CT molecular complexity index is 1370. The SMILES string of the molecule is COc1ccc([C@@H]2CC(c3cccs3)=NN2C(=O)Cn2nnc(-c3ccc(F)cc3)n2)cc1OC. The second-order valence-electron chi connectivity index (χ2n) is 7.75. The van der Waals surface area contributed by atoms with Crippen LogP contribution in [0.4, 0.5) is 4.39 Å². The Hall–Kier alpha value is -4.12. The van der Waals surface area contributed by atoms with Gasteiger partial charge >= 0.3 is 0 Å². The number of carbonyl (C=O) groups excluding carboxylic acids is 1. The lowest BCUT2D eigenvalue weighted by molar-refractivity contribution is -0.134. The fraction of sp³-hybridized carbons (Fsp3) is 0.208. The first-order valence-corrected chi connectivity index (χ1v) is 11.6. The summed E-state index contributed by atoms with van der Waals surface area (Å²) in [6, 6.07) is 14.9.